The third kappa shape index (κ3) is 1.46. The summed E-state index contributed by atoms with van der Waals surface area (Å²) in [4.78, 5) is 12.0. The molecule has 0 aromatic carbocycles. The number of aryl methyl sites for hydroxylation is 1. The van der Waals surface area contributed by atoms with E-state index in [1.54, 1.807) is 6.92 Å². The number of nitrogen functional groups attached to an aromatic ring is 1. The summed E-state index contributed by atoms with van der Waals surface area (Å²) in [6, 6.07) is 0. The van der Waals surface area contributed by atoms with E-state index in [-0.39, 0.29) is 5.44 Å². The summed E-state index contributed by atoms with van der Waals surface area (Å²) in [6.45, 7) is 1.69. The lowest BCUT2D eigenvalue weighted by atomic mass is 10.7. The lowest BCUT2D eigenvalue weighted by molar-refractivity contribution is -0.617. The van der Waals surface area contributed by atoms with E-state index in [2.05, 4.69) is 9.62 Å². The Hall–Kier alpha value is -0.950. The van der Waals surface area contributed by atoms with Gasteiger partial charge in [0, 0.05) is 24.5 Å². The van der Waals surface area contributed by atoms with Crippen molar-refractivity contribution in [1.29, 1.82) is 0 Å². The maximum atomic E-state index is 11.5. The first-order valence-electron chi connectivity index (χ1n) is 3.98. The lowest BCUT2D eigenvalue weighted by Crippen LogP contribution is -2.45. The molecule has 0 saturated heterocycles. The molecule has 2 heterocycles. The van der Waals surface area contributed by atoms with Crippen LogP contribution in [-0.2, 0) is 9.09 Å². The molecule has 0 amide bonds. The normalized spacial score (nSPS) is 15.7. The molecule has 1 unspecified atom stereocenters. The summed E-state index contributed by atoms with van der Waals surface area (Å²) >= 11 is 1.19. The molecule has 0 spiro atoms. The highest BCUT2D eigenvalue weighted by atomic mass is 32.1. The fourth-order valence-electron chi connectivity index (χ4n) is 1.16. The van der Waals surface area contributed by atoms with Gasteiger partial charge in [0.05, 0.1) is 0 Å². The molecule has 0 aliphatic heterocycles. The standard InChI is InChI=1S/C6H9N4O3PS/c1-4-8-10-5(14(11,12)13-2)3-15-6(10)9(4)7/h3H,7H2,1-2H3. The minimum absolute atomic E-state index is 0.0114. The van der Waals surface area contributed by atoms with Gasteiger partial charge in [0.2, 0.25) is 13.0 Å². The van der Waals surface area contributed by atoms with Crippen LogP contribution < -0.4 is 20.8 Å². The summed E-state index contributed by atoms with van der Waals surface area (Å²) in [6.07, 6.45) is 0. The summed E-state index contributed by atoms with van der Waals surface area (Å²) in [5.74, 6) is 6.17. The molecule has 2 rings (SSSR count). The van der Waals surface area contributed by atoms with E-state index in [1.165, 1.54) is 25.9 Å². The van der Waals surface area contributed by atoms with Crippen molar-refractivity contribution in [3.8, 4) is 0 Å². The predicted octanol–water partition coefficient (Wildman–Crippen LogP) is -1.47. The van der Waals surface area contributed by atoms with E-state index in [9.17, 15) is 9.46 Å². The van der Waals surface area contributed by atoms with Gasteiger partial charge in [-0.1, -0.05) is 15.9 Å². The molecule has 0 saturated carbocycles. The highest BCUT2D eigenvalue weighted by Crippen LogP contribution is 2.35. The van der Waals surface area contributed by atoms with Crippen LogP contribution in [0, 0.1) is 6.92 Å². The van der Waals surface area contributed by atoms with Crippen LogP contribution in [0.3, 0.4) is 0 Å². The van der Waals surface area contributed by atoms with Gasteiger partial charge in [-0.15, -0.1) is 4.68 Å². The number of fused-ring (bicyclic) bond motifs is 1. The molecule has 9 heteroatoms. The van der Waals surface area contributed by atoms with E-state index < -0.39 is 7.60 Å². The number of rotatable bonds is 2. The SMILES string of the molecule is COP(=O)([O-])c1csc2n1nc(C)[n+]2N. The van der Waals surface area contributed by atoms with Crippen molar-refractivity contribution >= 4 is 29.3 Å². The van der Waals surface area contributed by atoms with Gasteiger partial charge in [-0.25, -0.2) is 0 Å². The zero-order chi connectivity index (χ0) is 11.2. The Balaban J connectivity index is 2.74. The zero-order valence-corrected chi connectivity index (χ0v) is 9.79. The molecule has 0 bridgehead atoms. The van der Waals surface area contributed by atoms with Gasteiger partial charge in [-0.2, -0.15) is 0 Å². The quantitative estimate of drug-likeness (QED) is 0.397. The monoisotopic (exact) mass is 248 g/mol. The zero-order valence-electron chi connectivity index (χ0n) is 8.08. The van der Waals surface area contributed by atoms with Crippen molar-refractivity contribution in [3.63, 3.8) is 0 Å². The molecular weight excluding hydrogens is 239 g/mol. The van der Waals surface area contributed by atoms with Crippen LogP contribution in [0.25, 0.3) is 4.96 Å². The number of hydrogen-bond acceptors (Lipinski definition) is 6. The smallest absolute Gasteiger partial charge is 0.346 e. The summed E-state index contributed by atoms with van der Waals surface area (Å²) < 4.78 is 18.5. The van der Waals surface area contributed by atoms with E-state index >= 15 is 0 Å². The first kappa shape index (κ1) is 10.6. The summed E-state index contributed by atoms with van der Waals surface area (Å²) in [5.41, 5.74) is 0.0114. The average molecular weight is 248 g/mol. The first-order chi connectivity index (χ1) is 6.97. The molecule has 0 fully saturated rings. The van der Waals surface area contributed by atoms with Crippen molar-refractivity contribution < 1.29 is 18.7 Å². The molecule has 15 heavy (non-hydrogen) atoms. The fraction of sp³-hybridized carbons (Fsp3) is 0.333. The Morgan fingerprint density at radius 1 is 1.80 bits per heavy atom. The van der Waals surface area contributed by atoms with Crippen molar-refractivity contribution in [1.82, 2.24) is 9.61 Å². The second-order valence-corrected chi connectivity index (χ2v) is 5.54. The Bertz CT molecular complexity index is 562. The lowest BCUT2D eigenvalue weighted by Gasteiger charge is -2.15. The number of thiazole rings is 1. The van der Waals surface area contributed by atoms with Crippen LogP contribution >= 0.6 is 18.9 Å². The molecule has 7 nitrogen and oxygen atoms in total. The predicted molar refractivity (Wildman–Crippen MR) is 52.4 cm³/mol. The molecule has 0 aliphatic carbocycles. The van der Waals surface area contributed by atoms with Crippen LogP contribution in [0.1, 0.15) is 5.82 Å². The Morgan fingerprint density at radius 2 is 2.47 bits per heavy atom. The number of aromatic nitrogens is 3. The van der Waals surface area contributed by atoms with Crippen molar-refractivity contribution in [2.24, 2.45) is 0 Å². The van der Waals surface area contributed by atoms with Gasteiger partial charge in [0.15, 0.2) is 0 Å². The maximum absolute atomic E-state index is 11.5. The molecule has 2 N–H and O–H groups in total. The fourth-order valence-corrected chi connectivity index (χ4v) is 3.26. The van der Waals surface area contributed by atoms with E-state index in [0.29, 0.717) is 10.8 Å². The topological polar surface area (TPSA) is 96.6 Å². The van der Waals surface area contributed by atoms with Gasteiger partial charge in [-0.05, 0) is 0 Å². The molecule has 0 radical (unpaired) electrons. The average Bonchev–Trinajstić information content (AvgIpc) is 2.70. The number of nitrogens with zero attached hydrogens (tertiary/aromatic N) is 3. The Kier molecular flexibility index (Phi) is 2.31. The molecule has 82 valence electrons. The molecule has 1 atom stereocenters. The number of hydrogen-bond donors (Lipinski definition) is 1. The second kappa shape index (κ2) is 3.28. The molecule has 2 aromatic heterocycles. The highest BCUT2D eigenvalue weighted by Gasteiger charge is 2.26. The van der Waals surface area contributed by atoms with E-state index in [4.69, 9.17) is 5.84 Å². The van der Waals surface area contributed by atoms with Crippen molar-refractivity contribution in [2.75, 3.05) is 13.0 Å². The van der Waals surface area contributed by atoms with Gasteiger partial charge in [0.25, 0.3) is 5.82 Å². The highest BCUT2D eigenvalue weighted by molar-refractivity contribution is 7.60. The number of nitrogens with two attached hydrogens (primary N) is 1. The van der Waals surface area contributed by atoms with Crippen LogP contribution in [0.4, 0.5) is 0 Å². The summed E-state index contributed by atoms with van der Waals surface area (Å²) in [5, 5.41) is 5.45. The minimum Gasteiger partial charge on any atom is -0.773 e. The van der Waals surface area contributed by atoms with Gasteiger partial charge in [-0.3, -0.25) is 5.84 Å². The largest absolute Gasteiger partial charge is 0.773 e. The van der Waals surface area contributed by atoms with Gasteiger partial charge >= 0.3 is 4.96 Å². The molecular formula is C6H9N4O3PS. The molecule has 2 aromatic rings. The van der Waals surface area contributed by atoms with E-state index in [1.807, 2.05) is 0 Å². The van der Waals surface area contributed by atoms with Crippen molar-refractivity contribution in [2.45, 2.75) is 6.92 Å². The van der Waals surface area contributed by atoms with Crippen LogP contribution in [0.5, 0.6) is 0 Å². The Labute approximate surface area is 89.2 Å². The van der Waals surface area contributed by atoms with E-state index in [0.717, 1.165) is 7.11 Å². The maximum Gasteiger partial charge on any atom is 0.346 e. The third-order valence-electron chi connectivity index (χ3n) is 1.99. The third-order valence-corrected chi connectivity index (χ3v) is 4.45. The van der Waals surface area contributed by atoms with Gasteiger partial charge in [0.1, 0.15) is 0 Å². The Morgan fingerprint density at radius 3 is 3.07 bits per heavy atom. The second-order valence-electron chi connectivity index (χ2n) is 2.89. The minimum atomic E-state index is -4.04. The van der Waals surface area contributed by atoms with Crippen LogP contribution in [-0.4, -0.2) is 16.7 Å². The summed E-state index contributed by atoms with van der Waals surface area (Å²) in [7, 11) is -2.92. The van der Waals surface area contributed by atoms with Crippen LogP contribution in [0.2, 0.25) is 0 Å². The van der Waals surface area contributed by atoms with Crippen LogP contribution in [0.15, 0.2) is 5.38 Å². The van der Waals surface area contributed by atoms with Gasteiger partial charge < -0.3 is 14.0 Å². The first-order valence-corrected chi connectivity index (χ1v) is 6.41. The molecule has 0 aliphatic rings. The van der Waals surface area contributed by atoms with Crippen molar-refractivity contribution in [3.05, 3.63) is 11.2 Å².